The Morgan fingerprint density at radius 2 is 0.932 bits per heavy atom. The Morgan fingerprint density at radius 3 is 1.49 bits per heavy atom. The second-order valence-corrected chi connectivity index (χ2v) is 25.9. The molecule has 0 spiro atoms. The first-order chi connectivity index (χ1) is 35.6. The van der Waals surface area contributed by atoms with E-state index in [0.29, 0.717) is 23.0 Å². The number of halogens is 1. The molecule has 8 atom stereocenters. The SMILES string of the molecule is C[C@@H]1CC2C[C@H](C)CC(c3ccc(-c4ccccc4-c4nc(-c5ccc(-c6cccc7c6sc6ccc(C#N)cc67)cc5)nc(-c5ccccc5-c5ccc(C67C[C@@H](C)C[C@@H](C[C@@H](I)C6)C7)cc5)n4)cc3)(C2)C1. The van der Waals surface area contributed by atoms with Gasteiger partial charge in [-0.05, 0) is 167 Å². The molecule has 73 heavy (non-hydrogen) atoms. The first-order valence-electron chi connectivity index (χ1n) is 26.9. The van der Waals surface area contributed by atoms with E-state index in [0.717, 1.165) is 72.3 Å². The molecule has 4 saturated carbocycles. The van der Waals surface area contributed by atoms with E-state index < -0.39 is 0 Å². The maximum absolute atomic E-state index is 9.67. The predicted molar refractivity (Wildman–Crippen MR) is 312 cm³/mol. The minimum absolute atomic E-state index is 0.268. The Labute approximate surface area is 448 Å². The van der Waals surface area contributed by atoms with Gasteiger partial charge in [0.05, 0.1) is 11.6 Å². The predicted octanol–water partition coefficient (Wildman–Crippen LogP) is 18.5. The number of nitriles is 1. The van der Waals surface area contributed by atoms with Gasteiger partial charge in [-0.25, -0.2) is 15.0 Å². The van der Waals surface area contributed by atoms with Crippen molar-refractivity contribution in [1.29, 1.82) is 5.26 Å². The average molecular weight is 1080 g/mol. The van der Waals surface area contributed by atoms with Gasteiger partial charge in [0.2, 0.25) is 0 Å². The molecule has 0 aliphatic heterocycles. The van der Waals surface area contributed by atoms with Crippen molar-refractivity contribution in [3.05, 3.63) is 174 Å². The van der Waals surface area contributed by atoms with Crippen LogP contribution in [0.15, 0.2) is 158 Å². The molecule has 6 heteroatoms. The highest BCUT2D eigenvalue weighted by Crippen LogP contribution is 2.56. The number of aromatic nitrogens is 3. The summed E-state index contributed by atoms with van der Waals surface area (Å²) in [5.41, 5.74) is 14.0. The number of nitrogens with zero attached hydrogens (tertiary/aromatic N) is 4. The molecule has 4 fully saturated rings. The molecule has 2 aromatic heterocycles. The van der Waals surface area contributed by atoms with Crippen molar-refractivity contribution in [1.82, 2.24) is 15.0 Å². The molecule has 7 aromatic carbocycles. The van der Waals surface area contributed by atoms with Crippen molar-refractivity contribution in [2.45, 2.75) is 99.7 Å². The highest BCUT2D eigenvalue weighted by molar-refractivity contribution is 14.1. The van der Waals surface area contributed by atoms with Crippen LogP contribution in [0.2, 0.25) is 0 Å². The van der Waals surface area contributed by atoms with Crippen molar-refractivity contribution in [2.75, 3.05) is 0 Å². The van der Waals surface area contributed by atoms with Crippen LogP contribution in [0.3, 0.4) is 0 Å². The van der Waals surface area contributed by atoms with Crippen molar-refractivity contribution in [3.63, 3.8) is 0 Å². The molecule has 3 unspecified atom stereocenters. The standard InChI is InChI=1S/C67H61IN4S/c1-41-29-45-30-42(2)35-66(34-41,37-45)51-24-20-47(21-25-51)54-9-4-6-11-58(54)64-70-63(50-18-16-49(17-19-50)56-13-8-14-57-60-33-44(40-69)15-28-61(60)73-62(56)57)71-65(72-64)59-12-7-5-10-55(59)48-22-26-52(27-23-48)67-36-43(3)31-46(38-67)32-53(68)39-67/h4-28,33,41-43,45-46,53H,29-32,34-39H2,1-3H3/t41-,42+,43-,45?,46-,53+,66?,67?/m0/s1. The summed E-state index contributed by atoms with van der Waals surface area (Å²) in [6.07, 6.45) is 13.3. The molecule has 4 aliphatic carbocycles. The molecule has 4 aliphatic rings. The van der Waals surface area contributed by atoms with Crippen LogP contribution in [0.1, 0.15) is 102 Å². The minimum atomic E-state index is 0.268. The van der Waals surface area contributed by atoms with Crippen LogP contribution < -0.4 is 0 Å². The summed E-state index contributed by atoms with van der Waals surface area (Å²) in [4.78, 5) is 16.2. The first-order valence-corrected chi connectivity index (χ1v) is 28.9. The van der Waals surface area contributed by atoms with Gasteiger partial charge >= 0.3 is 0 Å². The maximum Gasteiger partial charge on any atom is 0.164 e. The van der Waals surface area contributed by atoms with Crippen molar-refractivity contribution >= 4 is 54.1 Å². The summed E-state index contributed by atoms with van der Waals surface area (Å²) in [6, 6.07) is 60.1. The average Bonchev–Trinajstić information content (AvgIpc) is 3.78. The number of alkyl halides is 1. The van der Waals surface area contributed by atoms with Crippen molar-refractivity contribution in [3.8, 4) is 73.6 Å². The largest absolute Gasteiger partial charge is 0.208 e. The van der Waals surface area contributed by atoms with Gasteiger partial charge in [-0.3, -0.25) is 0 Å². The zero-order valence-electron chi connectivity index (χ0n) is 42.1. The van der Waals surface area contributed by atoms with Crippen LogP contribution in [0, 0.1) is 40.9 Å². The molecule has 0 saturated heterocycles. The van der Waals surface area contributed by atoms with E-state index in [1.807, 2.05) is 12.1 Å². The van der Waals surface area contributed by atoms with Gasteiger partial charge in [-0.2, -0.15) is 5.26 Å². The summed E-state index contributed by atoms with van der Waals surface area (Å²) in [5.74, 6) is 5.93. The van der Waals surface area contributed by atoms with Crippen LogP contribution in [-0.4, -0.2) is 18.9 Å². The van der Waals surface area contributed by atoms with E-state index in [1.54, 1.807) is 11.3 Å². The van der Waals surface area contributed by atoms with Gasteiger partial charge in [-0.15, -0.1) is 11.3 Å². The second-order valence-electron chi connectivity index (χ2n) is 23.1. The Kier molecular flexibility index (Phi) is 12.0. The third kappa shape index (κ3) is 8.63. The Morgan fingerprint density at radius 1 is 0.466 bits per heavy atom. The second kappa shape index (κ2) is 18.7. The van der Waals surface area contributed by atoms with Crippen LogP contribution in [0.25, 0.3) is 87.7 Å². The zero-order valence-corrected chi connectivity index (χ0v) is 45.1. The lowest BCUT2D eigenvalue weighted by molar-refractivity contribution is 0.0780. The van der Waals surface area contributed by atoms with Gasteiger partial charge in [0, 0.05) is 40.8 Å². The van der Waals surface area contributed by atoms with E-state index in [2.05, 4.69) is 195 Å². The van der Waals surface area contributed by atoms with Crippen molar-refractivity contribution in [2.24, 2.45) is 29.6 Å². The number of hydrogen-bond acceptors (Lipinski definition) is 5. The molecule has 4 bridgehead atoms. The molecule has 9 aromatic rings. The lowest BCUT2D eigenvalue weighted by Gasteiger charge is -2.50. The highest BCUT2D eigenvalue weighted by Gasteiger charge is 2.46. The lowest BCUT2D eigenvalue weighted by Crippen LogP contribution is -2.43. The number of hydrogen-bond donors (Lipinski definition) is 0. The Balaban J connectivity index is 0.905. The lowest BCUT2D eigenvalue weighted by atomic mass is 9.54. The fourth-order valence-electron chi connectivity index (χ4n) is 15.2. The molecule has 0 amide bonds. The van der Waals surface area contributed by atoms with E-state index in [-0.39, 0.29) is 10.8 Å². The van der Waals surface area contributed by atoms with Gasteiger partial charge < -0.3 is 0 Å². The molecule has 0 radical (unpaired) electrons. The molecule has 362 valence electrons. The number of thiophene rings is 1. The molecule has 13 rings (SSSR count). The molecule has 4 nitrogen and oxygen atoms in total. The van der Waals surface area contributed by atoms with Gasteiger partial charge in [0.25, 0.3) is 0 Å². The maximum atomic E-state index is 9.67. The smallest absolute Gasteiger partial charge is 0.164 e. The molecule has 0 N–H and O–H groups in total. The van der Waals surface area contributed by atoms with Gasteiger partial charge in [0.1, 0.15) is 0 Å². The van der Waals surface area contributed by atoms with E-state index in [4.69, 9.17) is 15.0 Å². The number of rotatable bonds is 8. The van der Waals surface area contributed by atoms with E-state index >= 15 is 0 Å². The van der Waals surface area contributed by atoms with Gasteiger partial charge in [0.15, 0.2) is 17.5 Å². The fraction of sp³-hybridized carbons (Fsp3) is 0.313. The first kappa shape index (κ1) is 46.8. The topological polar surface area (TPSA) is 62.5 Å². The van der Waals surface area contributed by atoms with Crippen molar-refractivity contribution < 1.29 is 0 Å². The summed E-state index contributed by atoms with van der Waals surface area (Å²) < 4.78 is 3.14. The molecular weight excluding hydrogens is 1020 g/mol. The van der Waals surface area contributed by atoms with E-state index in [1.165, 1.54) is 107 Å². The number of fused-ring (bicyclic) bond motifs is 7. The van der Waals surface area contributed by atoms with Crippen LogP contribution in [0.5, 0.6) is 0 Å². The zero-order chi connectivity index (χ0) is 49.4. The van der Waals surface area contributed by atoms with Crippen LogP contribution in [0.4, 0.5) is 0 Å². The summed E-state index contributed by atoms with van der Waals surface area (Å²) in [7, 11) is 0. The third-order valence-electron chi connectivity index (χ3n) is 17.7. The summed E-state index contributed by atoms with van der Waals surface area (Å²) in [6.45, 7) is 7.43. The normalized spacial score (nSPS) is 25.6. The Hall–Kier alpha value is -6.01. The van der Waals surface area contributed by atoms with Crippen LogP contribution >= 0.6 is 33.9 Å². The molecule has 2 heterocycles. The van der Waals surface area contributed by atoms with E-state index in [9.17, 15) is 5.26 Å². The van der Waals surface area contributed by atoms with Gasteiger partial charge in [-0.1, -0.05) is 183 Å². The summed E-state index contributed by atoms with van der Waals surface area (Å²) in [5, 5.41) is 12.0. The van der Waals surface area contributed by atoms with Crippen LogP contribution in [-0.2, 0) is 10.8 Å². The monoisotopic (exact) mass is 1080 g/mol. The number of benzene rings is 7. The highest BCUT2D eigenvalue weighted by atomic mass is 127. The summed E-state index contributed by atoms with van der Waals surface area (Å²) >= 11 is 4.51. The Bertz CT molecular complexity index is 3400. The third-order valence-corrected chi connectivity index (χ3v) is 19.8. The fourth-order valence-corrected chi connectivity index (χ4v) is 18.0. The minimum Gasteiger partial charge on any atom is -0.208 e. The molecular formula is C67H61IN4S. The quantitative estimate of drug-likeness (QED) is 0.112.